The molecule has 6 N–H and O–H groups in total. The van der Waals surface area contributed by atoms with Crippen LogP contribution in [-0.2, 0) is 9.47 Å². The fourth-order valence-electron chi connectivity index (χ4n) is 2.56. The third-order valence-corrected chi connectivity index (χ3v) is 4.28. The summed E-state index contributed by atoms with van der Waals surface area (Å²) in [5, 5.41) is 56.4. The van der Waals surface area contributed by atoms with E-state index in [1.807, 2.05) is 0 Å². The topological polar surface area (TPSA) is 174 Å². The van der Waals surface area contributed by atoms with Gasteiger partial charge in [-0.1, -0.05) is 0 Å². The Bertz CT molecular complexity index is 828. The number of aromatic hydroxyl groups is 6. The van der Waals surface area contributed by atoms with E-state index in [4.69, 9.17) is 9.47 Å². The molecule has 2 unspecified atom stereocenters. The summed E-state index contributed by atoms with van der Waals surface area (Å²) in [6.45, 7) is 0. The van der Waals surface area contributed by atoms with Crippen molar-refractivity contribution in [1.82, 2.24) is 0 Å². The van der Waals surface area contributed by atoms with Gasteiger partial charge in [-0.15, -0.1) is 0 Å². The maximum absolute atomic E-state index is 12.1. The van der Waals surface area contributed by atoms with Crippen molar-refractivity contribution in [2.45, 2.75) is 25.0 Å². The van der Waals surface area contributed by atoms with Crippen molar-refractivity contribution in [3.05, 3.63) is 35.4 Å². The first-order valence-electron chi connectivity index (χ1n) is 8.09. The Morgan fingerprint density at radius 2 is 0.929 bits per heavy atom. The molecule has 0 bridgehead atoms. The van der Waals surface area contributed by atoms with Crippen LogP contribution in [-0.4, -0.2) is 54.8 Å². The van der Waals surface area contributed by atoms with Crippen LogP contribution in [0.4, 0.5) is 0 Å². The number of ether oxygens (including phenoxy) is 2. The molecule has 0 spiro atoms. The Balaban J connectivity index is 1.65. The lowest BCUT2D eigenvalue weighted by Gasteiger charge is -2.35. The quantitative estimate of drug-likeness (QED) is 0.330. The zero-order valence-electron chi connectivity index (χ0n) is 14.2. The number of phenols is 6. The van der Waals surface area contributed by atoms with E-state index in [1.54, 1.807) is 0 Å². The molecule has 2 atom stereocenters. The maximum atomic E-state index is 12.1. The molecular formula is C18H16O10. The lowest BCUT2D eigenvalue weighted by molar-refractivity contribution is -0.0808. The number of benzene rings is 2. The van der Waals surface area contributed by atoms with Crippen LogP contribution >= 0.6 is 0 Å². The monoisotopic (exact) mass is 392 g/mol. The Morgan fingerprint density at radius 1 is 0.643 bits per heavy atom. The summed E-state index contributed by atoms with van der Waals surface area (Å²) in [4.78, 5) is 24.3. The fraction of sp³-hybridized carbons (Fsp3) is 0.222. The van der Waals surface area contributed by atoms with E-state index in [0.717, 1.165) is 24.3 Å². The average molecular weight is 392 g/mol. The van der Waals surface area contributed by atoms with Gasteiger partial charge < -0.3 is 40.1 Å². The summed E-state index contributed by atoms with van der Waals surface area (Å²) < 4.78 is 10.4. The van der Waals surface area contributed by atoms with Crippen LogP contribution in [0.2, 0.25) is 0 Å². The van der Waals surface area contributed by atoms with Crippen molar-refractivity contribution in [2.75, 3.05) is 0 Å². The zero-order chi connectivity index (χ0) is 20.6. The highest BCUT2D eigenvalue weighted by molar-refractivity contribution is 5.92. The summed E-state index contributed by atoms with van der Waals surface area (Å²) in [6, 6.07) is 3.66. The number of phenolic OH excluding ortho intramolecular Hbond substituents is 6. The molecule has 28 heavy (non-hydrogen) atoms. The van der Waals surface area contributed by atoms with Gasteiger partial charge in [0.05, 0.1) is 11.1 Å². The standard InChI is InChI=1S/C18H16O10/c19-9-3-7(4-10(20)15(9)23)17(25)27-13-1-2-14(13)28-18(26)8-5-11(21)16(24)12(22)6-8/h3-6,13-14,19-24H,1-2H2. The first-order valence-corrected chi connectivity index (χ1v) is 8.09. The second-order valence-corrected chi connectivity index (χ2v) is 6.19. The molecule has 10 heteroatoms. The summed E-state index contributed by atoms with van der Waals surface area (Å²) in [6.07, 6.45) is -0.778. The average Bonchev–Trinajstić information content (AvgIpc) is 2.64. The normalized spacial score (nSPS) is 18.1. The van der Waals surface area contributed by atoms with Crippen molar-refractivity contribution < 1.29 is 49.7 Å². The summed E-state index contributed by atoms with van der Waals surface area (Å²) in [7, 11) is 0. The minimum Gasteiger partial charge on any atom is -0.504 e. The lowest BCUT2D eigenvalue weighted by atomic mass is 9.91. The van der Waals surface area contributed by atoms with Gasteiger partial charge in [0, 0.05) is 0 Å². The number of carbonyl (C=O) groups excluding carboxylic acids is 2. The Hall–Kier alpha value is -3.82. The molecule has 3 rings (SSSR count). The molecule has 1 saturated carbocycles. The van der Waals surface area contributed by atoms with Gasteiger partial charge in [-0.25, -0.2) is 9.59 Å². The van der Waals surface area contributed by atoms with Crippen LogP contribution in [0.5, 0.6) is 34.5 Å². The molecule has 1 fully saturated rings. The molecule has 148 valence electrons. The highest BCUT2D eigenvalue weighted by atomic mass is 16.6. The number of hydrogen-bond acceptors (Lipinski definition) is 10. The van der Waals surface area contributed by atoms with Crippen LogP contribution in [0.25, 0.3) is 0 Å². The highest BCUT2D eigenvalue weighted by Crippen LogP contribution is 2.37. The number of hydrogen-bond donors (Lipinski definition) is 6. The smallest absolute Gasteiger partial charge is 0.338 e. The molecule has 2 aromatic rings. The molecule has 10 nitrogen and oxygen atoms in total. The molecule has 0 aliphatic heterocycles. The van der Waals surface area contributed by atoms with Gasteiger partial charge in [-0.05, 0) is 37.1 Å². The van der Waals surface area contributed by atoms with Crippen LogP contribution in [0, 0.1) is 0 Å². The molecule has 2 aromatic carbocycles. The van der Waals surface area contributed by atoms with E-state index in [2.05, 4.69) is 0 Å². The van der Waals surface area contributed by atoms with Crippen LogP contribution in [0.3, 0.4) is 0 Å². The summed E-state index contributed by atoms with van der Waals surface area (Å²) in [5.74, 6) is -6.15. The first-order chi connectivity index (χ1) is 13.2. The van der Waals surface area contributed by atoms with Crippen LogP contribution < -0.4 is 0 Å². The van der Waals surface area contributed by atoms with Crippen molar-refractivity contribution in [1.29, 1.82) is 0 Å². The minimum absolute atomic E-state index is 0.210. The first kappa shape index (κ1) is 19.0. The van der Waals surface area contributed by atoms with E-state index in [9.17, 15) is 40.2 Å². The van der Waals surface area contributed by atoms with Crippen molar-refractivity contribution in [3.8, 4) is 34.5 Å². The predicted molar refractivity (Wildman–Crippen MR) is 90.5 cm³/mol. The highest BCUT2D eigenvalue weighted by Gasteiger charge is 2.38. The van der Waals surface area contributed by atoms with Crippen molar-refractivity contribution in [2.24, 2.45) is 0 Å². The lowest BCUT2D eigenvalue weighted by Crippen LogP contribution is -2.43. The van der Waals surface area contributed by atoms with Crippen LogP contribution in [0.1, 0.15) is 33.6 Å². The second-order valence-electron chi connectivity index (χ2n) is 6.19. The van der Waals surface area contributed by atoms with E-state index in [-0.39, 0.29) is 11.1 Å². The number of esters is 2. The van der Waals surface area contributed by atoms with E-state index < -0.39 is 58.6 Å². The second kappa shape index (κ2) is 7.06. The predicted octanol–water partition coefficient (Wildman–Crippen LogP) is 1.47. The largest absolute Gasteiger partial charge is 0.504 e. The van der Waals surface area contributed by atoms with Crippen LogP contribution in [0.15, 0.2) is 24.3 Å². The Labute approximate surface area is 157 Å². The van der Waals surface area contributed by atoms with Gasteiger partial charge in [0.2, 0.25) is 0 Å². The van der Waals surface area contributed by atoms with E-state index in [0.29, 0.717) is 12.8 Å². The third-order valence-electron chi connectivity index (χ3n) is 4.28. The molecule has 0 amide bonds. The molecule has 0 radical (unpaired) electrons. The molecular weight excluding hydrogens is 376 g/mol. The van der Waals surface area contributed by atoms with E-state index >= 15 is 0 Å². The summed E-state index contributed by atoms with van der Waals surface area (Å²) >= 11 is 0. The zero-order valence-corrected chi connectivity index (χ0v) is 14.2. The van der Waals surface area contributed by atoms with Crippen molar-refractivity contribution in [3.63, 3.8) is 0 Å². The number of rotatable bonds is 4. The SMILES string of the molecule is O=C(OC1CCC1OC(=O)c1cc(O)c(O)c(O)c1)c1cc(O)c(O)c(O)c1. The Kier molecular flexibility index (Phi) is 4.78. The van der Waals surface area contributed by atoms with Gasteiger partial charge in [0.15, 0.2) is 34.5 Å². The third kappa shape index (κ3) is 3.52. The van der Waals surface area contributed by atoms with Crippen molar-refractivity contribution >= 4 is 11.9 Å². The minimum atomic E-state index is -0.906. The molecule has 0 saturated heterocycles. The van der Waals surface area contributed by atoms with Gasteiger partial charge in [0.1, 0.15) is 12.2 Å². The van der Waals surface area contributed by atoms with Gasteiger partial charge >= 0.3 is 11.9 Å². The molecule has 1 aliphatic carbocycles. The number of carbonyl (C=O) groups is 2. The molecule has 1 aliphatic rings. The van der Waals surface area contributed by atoms with E-state index in [1.165, 1.54) is 0 Å². The van der Waals surface area contributed by atoms with Gasteiger partial charge in [-0.3, -0.25) is 0 Å². The molecule has 0 aromatic heterocycles. The summed E-state index contributed by atoms with van der Waals surface area (Å²) in [5.41, 5.74) is -0.420. The maximum Gasteiger partial charge on any atom is 0.338 e. The van der Waals surface area contributed by atoms with Gasteiger partial charge in [-0.2, -0.15) is 0 Å². The fourth-order valence-corrected chi connectivity index (χ4v) is 2.56. The molecule has 0 heterocycles. The van der Waals surface area contributed by atoms with Gasteiger partial charge in [0.25, 0.3) is 0 Å². The Morgan fingerprint density at radius 3 is 1.18 bits per heavy atom.